The molecule has 4 nitrogen and oxygen atoms in total. The molecule has 1 amide bonds. The van der Waals surface area contributed by atoms with Crippen molar-refractivity contribution in [2.75, 3.05) is 19.7 Å². The Hall–Kier alpha value is -0.580. The van der Waals surface area contributed by atoms with E-state index in [1.807, 2.05) is 4.90 Å². The summed E-state index contributed by atoms with van der Waals surface area (Å²) < 4.78 is 5.70. The molecule has 1 heterocycles. The normalized spacial score (nSPS) is 41.5. The van der Waals surface area contributed by atoms with Gasteiger partial charge in [0.1, 0.15) is 0 Å². The molecule has 5 heteroatoms. The summed E-state index contributed by atoms with van der Waals surface area (Å²) in [6.45, 7) is 3.76. The Morgan fingerprint density at radius 2 is 1.75 bits per heavy atom. The van der Waals surface area contributed by atoms with Crippen molar-refractivity contribution in [1.29, 1.82) is 0 Å². The molecule has 1 aliphatic heterocycles. The molecule has 4 atom stereocenters. The number of nitrogens with zero attached hydrogens (tertiary/aromatic N) is 1. The summed E-state index contributed by atoms with van der Waals surface area (Å²) in [6, 6.07) is 0. The van der Waals surface area contributed by atoms with Crippen molar-refractivity contribution in [3.63, 3.8) is 0 Å². The van der Waals surface area contributed by atoms with Gasteiger partial charge >= 0.3 is 5.97 Å². The molecule has 4 saturated carbocycles. The Balaban J connectivity index is 1.36. The van der Waals surface area contributed by atoms with Gasteiger partial charge in [-0.15, -0.1) is 0 Å². The summed E-state index contributed by atoms with van der Waals surface area (Å²) in [5.74, 6) is 1.86. The van der Waals surface area contributed by atoms with Gasteiger partial charge in [-0.1, -0.05) is 22.9 Å². The molecule has 2 unspecified atom stereocenters. The van der Waals surface area contributed by atoms with Crippen molar-refractivity contribution < 1.29 is 14.3 Å². The van der Waals surface area contributed by atoms with E-state index in [9.17, 15) is 9.59 Å². The van der Waals surface area contributed by atoms with Crippen LogP contribution in [0.5, 0.6) is 0 Å². The molecule has 4 aliphatic carbocycles. The average molecular weight is 398 g/mol. The van der Waals surface area contributed by atoms with Gasteiger partial charge in [0.05, 0.1) is 5.41 Å². The van der Waals surface area contributed by atoms with Crippen molar-refractivity contribution in [1.82, 2.24) is 4.90 Å². The molecule has 0 spiro atoms. The van der Waals surface area contributed by atoms with Crippen LogP contribution in [-0.4, -0.2) is 40.8 Å². The lowest BCUT2D eigenvalue weighted by Crippen LogP contribution is -2.56. The molecule has 4 bridgehead atoms. The molecule has 5 fully saturated rings. The molecule has 1 saturated heterocycles. The number of rotatable bonds is 3. The van der Waals surface area contributed by atoms with Crippen LogP contribution in [-0.2, 0) is 14.3 Å². The van der Waals surface area contributed by atoms with Gasteiger partial charge < -0.3 is 9.64 Å². The molecular weight excluding hydrogens is 370 g/mol. The van der Waals surface area contributed by atoms with E-state index in [-0.39, 0.29) is 28.2 Å². The van der Waals surface area contributed by atoms with Crippen LogP contribution in [0.15, 0.2) is 0 Å². The van der Waals surface area contributed by atoms with Crippen LogP contribution in [0.1, 0.15) is 58.3 Å². The van der Waals surface area contributed by atoms with Crippen LogP contribution in [0.25, 0.3) is 0 Å². The zero-order chi connectivity index (χ0) is 16.9. The fourth-order valence-electron chi connectivity index (χ4n) is 6.02. The quantitative estimate of drug-likeness (QED) is 0.540. The van der Waals surface area contributed by atoms with E-state index in [1.54, 1.807) is 0 Å². The van der Waals surface area contributed by atoms with Crippen LogP contribution >= 0.6 is 15.9 Å². The number of likely N-dealkylation sites (tertiary alicyclic amines) is 1. The third kappa shape index (κ3) is 3.02. The number of esters is 1. The lowest BCUT2D eigenvalue weighted by molar-refractivity contribution is -0.172. The average Bonchev–Trinajstić information content (AvgIpc) is 2.50. The fraction of sp³-hybridized carbons (Fsp3) is 0.895. The number of alkyl halides is 1. The molecule has 24 heavy (non-hydrogen) atoms. The van der Waals surface area contributed by atoms with Gasteiger partial charge in [-0.2, -0.15) is 0 Å². The Morgan fingerprint density at radius 1 is 1.12 bits per heavy atom. The van der Waals surface area contributed by atoms with Crippen LogP contribution in [0.2, 0.25) is 0 Å². The molecule has 0 aromatic heterocycles. The highest BCUT2D eigenvalue weighted by Crippen LogP contribution is 2.64. The van der Waals surface area contributed by atoms with Crippen molar-refractivity contribution in [3.8, 4) is 0 Å². The molecule has 0 aromatic rings. The van der Waals surface area contributed by atoms with Crippen molar-refractivity contribution in [3.05, 3.63) is 0 Å². The molecule has 0 radical (unpaired) electrons. The van der Waals surface area contributed by atoms with E-state index < -0.39 is 0 Å². The smallest absolute Gasteiger partial charge is 0.312 e. The number of hydrogen-bond donors (Lipinski definition) is 0. The minimum absolute atomic E-state index is 0.0199. The summed E-state index contributed by atoms with van der Waals surface area (Å²) >= 11 is 3.93. The second-order valence-electron chi connectivity index (χ2n) is 9.03. The van der Waals surface area contributed by atoms with E-state index in [0.717, 1.165) is 45.2 Å². The molecule has 134 valence electrons. The first kappa shape index (κ1) is 16.9. The molecule has 0 N–H and O–H groups in total. The van der Waals surface area contributed by atoms with Gasteiger partial charge in [0.2, 0.25) is 0 Å². The van der Waals surface area contributed by atoms with Gasteiger partial charge in [0.15, 0.2) is 6.61 Å². The second-order valence-corrected chi connectivity index (χ2v) is 10.7. The third-order valence-corrected chi connectivity index (χ3v) is 7.81. The van der Waals surface area contributed by atoms with E-state index >= 15 is 0 Å². The van der Waals surface area contributed by atoms with Gasteiger partial charge in [-0.25, -0.2) is 0 Å². The number of hydrogen-bond acceptors (Lipinski definition) is 3. The summed E-state index contributed by atoms with van der Waals surface area (Å²) in [7, 11) is 0. The van der Waals surface area contributed by atoms with E-state index in [4.69, 9.17) is 4.74 Å². The van der Waals surface area contributed by atoms with E-state index in [1.165, 1.54) is 19.3 Å². The van der Waals surface area contributed by atoms with Crippen LogP contribution in [0.4, 0.5) is 0 Å². The lowest BCUT2D eigenvalue weighted by atomic mass is 9.49. The van der Waals surface area contributed by atoms with Gasteiger partial charge in [0.25, 0.3) is 5.91 Å². The summed E-state index contributed by atoms with van der Waals surface area (Å²) in [5.41, 5.74) is -0.329. The van der Waals surface area contributed by atoms with Gasteiger partial charge in [-0.05, 0) is 69.1 Å². The predicted octanol–water partition coefficient (Wildman–Crippen LogP) is 3.52. The second kappa shape index (κ2) is 6.00. The molecule has 0 aromatic carbocycles. The molecule has 5 aliphatic rings. The van der Waals surface area contributed by atoms with E-state index in [0.29, 0.717) is 17.8 Å². The van der Waals surface area contributed by atoms with Crippen molar-refractivity contribution >= 4 is 27.8 Å². The Morgan fingerprint density at radius 3 is 2.33 bits per heavy atom. The summed E-state index contributed by atoms with van der Waals surface area (Å²) in [4.78, 5) is 27.1. The first-order chi connectivity index (χ1) is 11.4. The first-order valence-corrected chi connectivity index (χ1v) is 10.3. The Kier molecular flexibility index (Phi) is 4.21. The molecular formula is C19H28BrNO3. The largest absolute Gasteiger partial charge is 0.455 e. The SMILES string of the molecule is CC1CCN(C(=O)COC(=O)C23C[C@@H]4C[C@@H](CC(Br)(C4)C2)C3)CC1. The number of amides is 1. The fourth-order valence-corrected chi connectivity index (χ4v) is 7.47. The number of piperidine rings is 1. The van der Waals surface area contributed by atoms with Crippen molar-refractivity contribution in [2.45, 2.75) is 62.6 Å². The predicted molar refractivity (Wildman–Crippen MR) is 94.7 cm³/mol. The highest BCUT2D eigenvalue weighted by molar-refractivity contribution is 9.10. The lowest BCUT2D eigenvalue weighted by Gasteiger charge is -2.58. The summed E-state index contributed by atoms with van der Waals surface area (Å²) in [6.07, 6.45) is 8.59. The van der Waals surface area contributed by atoms with Crippen LogP contribution in [0.3, 0.4) is 0 Å². The maximum absolute atomic E-state index is 12.9. The van der Waals surface area contributed by atoms with Crippen LogP contribution in [0, 0.1) is 23.2 Å². The first-order valence-electron chi connectivity index (χ1n) is 9.51. The van der Waals surface area contributed by atoms with Gasteiger partial charge in [-0.3, -0.25) is 9.59 Å². The van der Waals surface area contributed by atoms with E-state index in [2.05, 4.69) is 22.9 Å². The monoisotopic (exact) mass is 397 g/mol. The maximum Gasteiger partial charge on any atom is 0.312 e. The summed E-state index contributed by atoms with van der Waals surface area (Å²) in [5, 5.41) is 0. The highest BCUT2D eigenvalue weighted by Gasteiger charge is 2.60. The molecule has 5 rings (SSSR count). The third-order valence-electron chi connectivity index (χ3n) is 6.89. The number of halogens is 1. The topological polar surface area (TPSA) is 46.6 Å². The Bertz CT molecular complexity index is 527. The van der Waals surface area contributed by atoms with Crippen LogP contribution < -0.4 is 0 Å². The zero-order valence-corrected chi connectivity index (χ0v) is 16.1. The number of ether oxygens (including phenoxy) is 1. The zero-order valence-electron chi connectivity index (χ0n) is 14.6. The van der Waals surface area contributed by atoms with Crippen molar-refractivity contribution in [2.24, 2.45) is 23.2 Å². The standard InChI is InChI=1S/C19H28BrNO3/c1-13-2-4-21(5-3-13)16(22)11-24-17(23)18-7-14-6-15(8-18)10-19(20,9-14)12-18/h13-15H,2-12H2,1H3/t14-,15+,18?,19?. The Labute approximate surface area is 152 Å². The number of carbonyl (C=O) groups excluding carboxylic acids is 2. The number of carbonyl (C=O) groups is 2. The minimum Gasteiger partial charge on any atom is -0.455 e. The van der Waals surface area contributed by atoms with Gasteiger partial charge in [0, 0.05) is 17.4 Å². The highest BCUT2D eigenvalue weighted by atomic mass is 79.9. The maximum atomic E-state index is 12.9. The minimum atomic E-state index is -0.329.